The molecule has 3 heteroatoms. The van der Waals surface area contributed by atoms with Gasteiger partial charge in [0.25, 0.3) is 0 Å². The Labute approximate surface area is 92.7 Å². The van der Waals surface area contributed by atoms with Gasteiger partial charge in [-0.15, -0.1) is 0 Å². The van der Waals surface area contributed by atoms with E-state index in [0.29, 0.717) is 0 Å². The molecular formula is C13H12FNO. The molecule has 0 spiro atoms. The van der Waals surface area contributed by atoms with Gasteiger partial charge in [0.05, 0.1) is 10.9 Å². The summed E-state index contributed by atoms with van der Waals surface area (Å²) < 4.78 is 15.0. The van der Waals surface area contributed by atoms with E-state index in [2.05, 4.69) is 0 Å². The molecule has 0 radical (unpaired) electrons. The Morgan fingerprint density at radius 2 is 2.19 bits per heavy atom. The lowest BCUT2D eigenvalue weighted by molar-refractivity contribution is -0.109. The molecule has 0 amide bonds. The smallest absolute Gasteiger partial charge is 0.130 e. The Bertz CT molecular complexity index is 581. The van der Waals surface area contributed by atoms with Gasteiger partial charge in [0.1, 0.15) is 12.1 Å². The first-order valence-corrected chi connectivity index (χ1v) is 5.38. The van der Waals surface area contributed by atoms with E-state index in [1.807, 2.05) is 17.8 Å². The molecule has 0 N–H and O–H groups in total. The second-order valence-electron chi connectivity index (χ2n) is 4.59. The van der Waals surface area contributed by atoms with Crippen LogP contribution in [0.5, 0.6) is 0 Å². The average Bonchev–Trinajstić information content (AvgIpc) is 3.01. The maximum Gasteiger partial charge on any atom is 0.130 e. The molecular weight excluding hydrogens is 205 g/mol. The SMILES string of the molecule is Cn1cc(C2(C=O)CC2)c2ccc(F)cc21. The minimum absolute atomic E-state index is 0.240. The van der Waals surface area contributed by atoms with Crippen molar-refractivity contribution in [3.63, 3.8) is 0 Å². The summed E-state index contributed by atoms with van der Waals surface area (Å²) in [5, 5.41) is 0.994. The summed E-state index contributed by atoms with van der Waals surface area (Å²) in [5.41, 5.74) is 1.60. The number of fused-ring (bicyclic) bond motifs is 1. The van der Waals surface area contributed by atoms with Gasteiger partial charge in [-0.25, -0.2) is 4.39 Å². The standard InChI is InChI=1S/C13H12FNO/c1-15-7-11(13(8-16)4-5-13)10-3-2-9(14)6-12(10)15/h2-3,6-8H,4-5H2,1H3. The molecule has 1 aliphatic rings. The fourth-order valence-electron chi connectivity index (χ4n) is 2.34. The van der Waals surface area contributed by atoms with Gasteiger partial charge in [-0.2, -0.15) is 0 Å². The van der Waals surface area contributed by atoms with Gasteiger partial charge in [-0.1, -0.05) is 0 Å². The highest BCUT2D eigenvalue weighted by Crippen LogP contribution is 2.49. The van der Waals surface area contributed by atoms with E-state index in [9.17, 15) is 9.18 Å². The minimum Gasteiger partial charge on any atom is -0.350 e. The minimum atomic E-state index is -0.294. The maximum absolute atomic E-state index is 13.1. The third kappa shape index (κ3) is 1.14. The summed E-state index contributed by atoms with van der Waals surface area (Å²) in [6.07, 6.45) is 4.80. The Balaban J connectivity index is 2.31. The van der Waals surface area contributed by atoms with Gasteiger partial charge in [0, 0.05) is 18.6 Å². The van der Waals surface area contributed by atoms with Crippen molar-refractivity contribution in [2.24, 2.45) is 7.05 Å². The highest BCUT2D eigenvalue weighted by molar-refractivity contribution is 5.90. The van der Waals surface area contributed by atoms with Crippen LogP contribution in [0.15, 0.2) is 24.4 Å². The van der Waals surface area contributed by atoms with E-state index < -0.39 is 0 Å². The normalized spacial score (nSPS) is 17.6. The molecule has 82 valence electrons. The first-order chi connectivity index (χ1) is 7.66. The molecule has 1 fully saturated rings. The molecule has 16 heavy (non-hydrogen) atoms. The zero-order chi connectivity index (χ0) is 11.3. The van der Waals surface area contributed by atoms with Crippen LogP contribution in [-0.4, -0.2) is 10.9 Å². The van der Waals surface area contributed by atoms with Crippen molar-refractivity contribution in [3.05, 3.63) is 35.8 Å². The molecule has 1 saturated carbocycles. The van der Waals surface area contributed by atoms with Gasteiger partial charge in [0.15, 0.2) is 0 Å². The van der Waals surface area contributed by atoms with Crippen LogP contribution in [0, 0.1) is 5.82 Å². The number of nitrogens with zero attached hydrogens (tertiary/aromatic N) is 1. The molecule has 1 aromatic carbocycles. The number of benzene rings is 1. The predicted octanol–water partition coefficient (Wildman–Crippen LogP) is 2.55. The van der Waals surface area contributed by atoms with Crippen molar-refractivity contribution in [1.82, 2.24) is 4.57 Å². The van der Waals surface area contributed by atoms with Crippen LogP contribution >= 0.6 is 0 Å². The van der Waals surface area contributed by atoms with E-state index in [0.717, 1.165) is 35.6 Å². The molecule has 2 aromatic rings. The van der Waals surface area contributed by atoms with Crippen LogP contribution in [0.25, 0.3) is 10.9 Å². The number of aromatic nitrogens is 1. The predicted molar refractivity (Wildman–Crippen MR) is 59.9 cm³/mol. The third-order valence-corrected chi connectivity index (χ3v) is 3.50. The Morgan fingerprint density at radius 1 is 1.44 bits per heavy atom. The first-order valence-electron chi connectivity index (χ1n) is 5.38. The second kappa shape index (κ2) is 2.94. The van der Waals surface area contributed by atoms with Gasteiger partial charge in [-0.3, -0.25) is 0 Å². The zero-order valence-corrected chi connectivity index (χ0v) is 9.03. The fraction of sp³-hybridized carbons (Fsp3) is 0.308. The summed E-state index contributed by atoms with van der Waals surface area (Å²) in [6, 6.07) is 4.73. The lowest BCUT2D eigenvalue weighted by Gasteiger charge is -2.04. The van der Waals surface area contributed by atoms with Crippen molar-refractivity contribution in [2.45, 2.75) is 18.3 Å². The summed E-state index contributed by atoms with van der Waals surface area (Å²) >= 11 is 0. The van der Waals surface area contributed by atoms with Gasteiger partial charge in [0.2, 0.25) is 0 Å². The van der Waals surface area contributed by atoms with Crippen molar-refractivity contribution < 1.29 is 9.18 Å². The average molecular weight is 217 g/mol. The van der Waals surface area contributed by atoms with E-state index >= 15 is 0 Å². The molecule has 2 nitrogen and oxygen atoms in total. The maximum atomic E-state index is 13.1. The first kappa shape index (κ1) is 9.58. The second-order valence-corrected chi connectivity index (χ2v) is 4.59. The fourth-order valence-corrected chi connectivity index (χ4v) is 2.34. The molecule has 3 rings (SSSR count). The molecule has 0 saturated heterocycles. The van der Waals surface area contributed by atoms with Crippen LogP contribution in [0.4, 0.5) is 4.39 Å². The molecule has 0 atom stereocenters. The summed E-state index contributed by atoms with van der Waals surface area (Å²) in [6.45, 7) is 0. The number of halogens is 1. The number of carbonyl (C=O) groups excluding carboxylic acids is 1. The van der Waals surface area contributed by atoms with Crippen LogP contribution in [-0.2, 0) is 17.3 Å². The van der Waals surface area contributed by atoms with Gasteiger partial charge >= 0.3 is 0 Å². The van der Waals surface area contributed by atoms with E-state index in [1.165, 1.54) is 12.1 Å². The topological polar surface area (TPSA) is 22.0 Å². The number of hydrogen-bond acceptors (Lipinski definition) is 1. The molecule has 0 unspecified atom stereocenters. The number of carbonyl (C=O) groups is 1. The molecule has 0 aliphatic heterocycles. The summed E-state index contributed by atoms with van der Waals surface area (Å²) in [5.74, 6) is -0.240. The quantitative estimate of drug-likeness (QED) is 0.708. The monoisotopic (exact) mass is 217 g/mol. The number of hydrogen-bond donors (Lipinski definition) is 0. The molecule has 1 aromatic heterocycles. The highest BCUT2D eigenvalue weighted by atomic mass is 19.1. The lowest BCUT2D eigenvalue weighted by atomic mass is 9.97. The molecule has 0 bridgehead atoms. The van der Waals surface area contributed by atoms with Crippen LogP contribution in [0.2, 0.25) is 0 Å². The van der Waals surface area contributed by atoms with Crippen LogP contribution in [0.3, 0.4) is 0 Å². The molecule has 1 heterocycles. The van der Waals surface area contributed by atoms with E-state index in [1.54, 1.807) is 6.07 Å². The Kier molecular flexibility index (Phi) is 1.76. The Morgan fingerprint density at radius 3 is 2.81 bits per heavy atom. The molecule has 1 aliphatic carbocycles. The largest absolute Gasteiger partial charge is 0.350 e. The van der Waals surface area contributed by atoms with Crippen LogP contribution in [0.1, 0.15) is 18.4 Å². The summed E-state index contributed by atoms with van der Waals surface area (Å²) in [4.78, 5) is 11.1. The van der Waals surface area contributed by atoms with Crippen molar-refractivity contribution in [1.29, 1.82) is 0 Å². The van der Waals surface area contributed by atoms with Crippen molar-refractivity contribution in [2.75, 3.05) is 0 Å². The third-order valence-electron chi connectivity index (χ3n) is 3.50. The zero-order valence-electron chi connectivity index (χ0n) is 9.03. The number of aryl methyl sites for hydroxylation is 1. The van der Waals surface area contributed by atoms with E-state index in [-0.39, 0.29) is 11.2 Å². The highest BCUT2D eigenvalue weighted by Gasteiger charge is 2.46. The lowest BCUT2D eigenvalue weighted by Crippen LogP contribution is -2.06. The number of aldehydes is 1. The van der Waals surface area contributed by atoms with Crippen LogP contribution < -0.4 is 0 Å². The summed E-state index contributed by atoms with van der Waals surface area (Å²) in [7, 11) is 1.88. The van der Waals surface area contributed by atoms with E-state index in [4.69, 9.17) is 0 Å². The van der Waals surface area contributed by atoms with Gasteiger partial charge in [-0.05, 0) is 36.6 Å². The van der Waals surface area contributed by atoms with Crippen molar-refractivity contribution in [3.8, 4) is 0 Å². The number of rotatable bonds is 2. The van der Waals surface area contributed by atoms with Crippen molar-refractivity contribution >= 4 is 17.2 Å². The Hall–Kier alpha value is -1.64. The van der Waals surface area contributed by atoms with Gasteiger partial charge < -0.3 is 9.36 Å².